The molecule has 10 nitrogen and oxygen atoms in total. The van der Waals surface area contributed by atoms with Crippen molar-refractivity contribution in [1.82, 2.24) is 0 Å². The first kappa shape index (κ1) is 21.0. The van der Waals surface area contributed by atoms with Crippen LogP contribution in [0.3, 0.4) is 0 Å². The normalized spacial score (nSPS) is 34.0. The summed E-state index contributed by atoms with van der Waals surface area (Å²) in [5, 5.41) is 60.8. The molecule has 2 aromatic rings. The van der Waals surface area contributed by atoms with E-state index in [1.54, 1.807) is 0 Å². The van der Waals surface area contributed by atoms with Gasteiger partial charge < -0.3 is 44.5 Å². The molecule has 7 atom stereocenters. The fraction of sp³-hybridized carbons (Fsp3) is 0.550. The number of phenolic OH excluding ortho intramolecular Hbond substituents is 1. The van der Waals surface area contributed by atoms with Crippen molar-refractivity contribution in [1.29, 1.82) is 0 Å². The fourth-order valence-electron chi connectivity index (χ4n) is 4.43. The molecule has 0 radical (unpaired) electrons. The van der Waals surface area contributed by atoms with Gasteiger partial charge in [-0.3, -0.25) is 4.79 Å². The molecule has 1 fully saturated rings. The maximum atomic E-state index is 13.3. The third kappa shape index (κ3) is 3.16. The van der Waals surface area contributed by atoms with Crippen molar-refractivity contribution in [3.63, 3.8) is 0 Å². The lowest BCUT2D eigenvalue weighted by Crippen LogP contribution is -2.60. The van der Waals surface area contributed by atoms with Gasteiger partial charge >= 0.3 is 0 Å². The van der Waals surface area contributed by atoms with Gasteiger partial charge in [-0.05, 0) is 12.8 Å². The highest BCUT2D eigenvalue weighted by molar-refractivity contribution is 5.85. The average molecular weight is 424 g/mol. The summed E-state index contributed by atoms with van der Waals surface area (Å²) in [6, 6.07) is 2.68. The number of fused-ring (bicyclic) bond motifs is 2. The van der Waals surface area contributed by atoms with Crippen LogP contribution in [0, 0.1) is 0 Å². The van der Waals surface area contributed by atoms with Crippen LogP contribution in [0.5, 0.6) is 11.5 Å². The maximum Gasteiger partial charge on any atom is 0.200 e. The Morgan fingerprint density at radius 2 is 1.83 bits per heavy atom. The van der Waals surface area contributed by atoms with Gasteiger partial charge in [0.25, 0.3) is 0 Å². The molecular weight excluding hydrogens is 400 g/mol. The first-order valence-electron chi connectivity index (χ1n) is 9.64. The summed E-state index contributed by atoms with van der Waals surface area (Å²) in [7, 11) is 1.39. The molecule has 0 amide bonds. The summed E-state index contributed by atoms with van der Waals surface area (Å²) in [6.07, 6.45) is -7.63. The summed E-state index contributed by atoms with van der Waals surface area (Å²) in [5.74, 6) is -0.933. The van der Waals surface area contributed by atoms with Gasteiger partial charge in [-0.2, -0.15) is 0 Å². The van der Waals surface area contributed by atoms with E-state index in [2.05, 4.69) is 0 Å². The standard InChI is InChI=1S/C20H24O10/c1-28-7-4-10(23)14-11(5-7)29-20-9(22)3-2-8(13(20)16(14)25)19-18(27)17(26)15(24)12(6-21)30-19/h4-5,8-9,12,15,17-19,21-24,26-27H,2-3,6H2,1H3/t8?,9?,12-,15-,17+,18-,19+/m1/s1. The van der Waals surface area contributed by atoms with E-state index in [0.717, 1.165) is 0 Å². The lowest BCUT2D eigenvalue weighted by molar-refractivity contribution is -0.235. The van der Waals surface area contributed by atoms with E-state index in [9.17, 15) is 35.4 Å². The zero-order valence-electron chi connectivity index (χ0n) is 16.1. The highest BCUT2D eigenvalue weighted by Gasteiger charge is 2.49. The number of ether oxygens (including phenoxy) is 2. The van der Waals surface area contributed by atoms with Crippen molar-refractivity contribution in [2.45, 2.75) is 55.4 Å². The van der Waals surface area contributed by atoms with Gasteiger partial charge in [-0.15, -0.1) is 0 Å². The molecule has 2 heterocycles. The Labute approximate surface area is 170 Å². The molecular formula is C20H24O10. The molecule has 1 aromatic heterocycles. The van der Waals surface area contributed by atoms with Gasteiger partial charge in [0.15, 0.2) is 5.43 Å². The van der Waals surface area contributed by atoms with Crippen LogP contribution < -0.4 is 10.2 Å². The Morgan fingerprint density at radius 1 is 1.10 bits per heavy atom. The van der Waals surface area contributed by atoms with Crippen molar-refractivity contribution in [3.8, 4) is 11.5 Å². The van der Waals surface area contributed by atoms with Gasteiger partial charge in [0.1, 0.15) is 58.7 Å². The summed E-state index contributed by atoms with van der Waals surface area (Å²) < 4.78 is 16.5. The molecule has 4 rings (SSSR count). The Bertz CT molecular complexity index is 999. The fourth-order valence-corrected chi connectivity index (χ4v) is 4.43. The second-order valence-electron chi connectivity index (χ2n) is 7.72. The minimum absolute atomic E-state index is 0.0195. The highest BCUT2D eigenvalue weighted by Crippen LogP contribution is 2.43. The smallest absolute Gasteiger partial charge is 0.200 e. The topological polar surface area (TPSA) is 170 Å². The van der Waals surface area contributed by atoms with Gasteiger partial charge in [-0.1, -0.05) is 0 Å². The number of benzene rings is 1. The third-order valence-electron chi connectivity index (χ3n) is 6.00. The van der Waals surface area contributed by atoms with Crippen molar-refractivity contribution in [3.05, 3.63) is 33.7 Å². The number of hydrogen-bond donors (Lipinski definition) is 6. The molecule has 30 heavy (non-hydrogen) atoms. The van der Waals surface area contributed by atoms with Crippen molar-refractivity contribution in [2.24, 2.45) is 0 Å². The molecule has 0 bridgehead atoms. The lowest BCUT2D eigenvalue weighted by Gasteiger charge is -2.44. The van der Waals surface area contributed by atoms with E-state index in [4.69, 9.17) is 13.9 Å². The van der Waals surface area contributed by atoms with Crippen LogP contribution in [0.2, 0.25) is 0 Å². The first-order valence-corrected chi connectivity index (χ1v) is 9.64. The van der Waals surface area contributed by atoms with Gasteiger partial charge in [0.2, 0.25) is 0 Å². The number of aliphatic hydroxyl groups excluding tert-OH is 5. The lowest BCUT2D eigenvalue weighted by atomic mass is 9.76. The Balaban J connectivity index is 1.88. The monoisotopic (exact) mass is 424 g/mol. The molecule has 0 saturated carbocycles. The minimum atomic E-state index is -1.60. The predicted molar refractivity (Wildman–Crippen MR) is 101 cm³/mol. The summed E-state index contributed by atoms with van der Waals surface area (Å²) >= 11 is 0. The first-order chi connectivity index (χ1) is 14.3. The van der Waals surface area contributed by atoms with Crippen LogP contribution in [-0.4, -0.2) is 74.9 Å². The molecule has 1 aliphatic carbocycles. The zero-order chi connectivity index (χ0) is 21.7. The summed E-state index contributed by atoms with van der Waals surface area (Å²) in [4.78, 5) is 13.3. The number of aromatic hydroxyl groups is 1. The van der Waals surface area contributed by atoms with E-state index in [1.807, 2.05) is 0 Å². The molecule has 2 aliphatic rings. The second kappa shape index (κ2) is 7.80. The van der Waals surface area contributed by atoms with Crippen molar-refractivity contribution < 1.29 is 44.5 Å². The summed E-state index contributed by atoms with van der Waals surface area (Å²) in [5.41, 5.74) is -0.553. The van der Waals surface area contributed by atoms with Crippen LogP contribution in [0.4, 0.5) is 0 Å². The van der Waals surface area contributed by atoms with E-state index in [-0.39, 0.29) is 46.6 Å². The van der Waals surface area contributed by atoms with E-state index < -0.39 is 54.6 Å². The molecule has 1 aromatic carbocycles. The highest BCUT2D eigenvalue weighted by atomic mass is 16.5. The van der Waals surface area contributed by atoms with Crippen LogP contribution in [0.15, 0.2) is 21.3 Å². The molecule has 164 valence electrons. The Kier molecular flexibility index (Phi) is 5.47. The second-order valence-corrected chi connectivity index (χ2v) is 7.72. The zero-order valence-corrected chi connectivity index (χ0v) is 16.1. The van der Waals surface area contributed by atoms with Crippen LogP contribution in [0.1, 0.15) is 36.2 Å². The molecule has 10 heteroatoms. The quantitative estimate of drug-likeness (QED) is 0.369. The van der Waals surface area contributed by atoms with E-state index >= 15 is 0 Å². The van der Waals surface area contributed by atoms with Gasteiger partial charge in [0, 0.05) is 23.6 Å². The third-order valence-corrected chi connectivity index (χ3v) is 6.00. The average Bonchev–Trinajstić information content (AvgIpc) is 2.73. The predicted octanol–water partition coefficient (Wildman–Crippen LogP) is -0.740. The molecule has 1 aliphatic heterocycles. The van der Waals surface area contributed by atoms with Crippen molar-refractivity contribution >= 4 is 11.0 Å². The molecule has 0 spiro atoms. The largest absolute Gasteiger partial charge is 0.507 e. The summed E-state index contributed by atoms with van der Waals surface area (Å²) in [6.45, 7) is -0.601. The SMILES string of the molecule is COc1cc(O)c2c(=O)c3c(oc2c1)C(O)CCC3[C@@H]1O[C@H](CO)[C@@H](O)[C@H](O)[C@H]1O. The molecule has 6 N–H and O–H groups in total. The number of methoxy groups -OCH3 is 1. The number of phenols is 1. The van der Waals surface area contributed by atoms with Crippen molar-refractivity contribution in [2.75, 3.05) is 13.7 Å². The minimum Gasteiger partial charge on any atom is -0.507 e. The molecule has 2 unspecified atom stereocenters. The van der Waals surface area contributed by atoms with E-state index in [1.165, 1.54) is 19.2 Å². The number of aliphatic hydroxyl groups is 5. The molecule has 1 saturated heterocycles. The van der Waals surface area contributed by atoms with Gasteiger partial charge in [-0.25, -0.2) is 0 Å². The van der Waals surface area contributed by atoms with E-state index in [0.29, 0.717) is 0 Å². The van der Waals surface area contributed by atoms with Gasteiger partial charge in [0.05, 0.1) is 19.8 Å². The Hall–Kier alpha value is -2.21. The maximum absolute atomic E-state index is 13.3. The number of hydrogen-bond acceptors (Lipinski definition) is 10. The van der Waals surface area contributed by atoms with Crippen LogP contribution >= 0.6 is 0 Å². The number of rotatable bonds is 3. The van der Waals surface area contributed by atoms with Crippen LogP contribution in [0.25, 0.3) is 11.0 Å². The van der Waals surface area contributed by atoms with Crippen LogP contribution in [-0.2, 0) is 4.74 Å². The Morgan fingerprint density at radius 3 is 2.50 bits per heavy atom.